The van der Waals surface area contributed by atoms with E-state index in [1.54, 1.807) is 45.2 Å². The number of nitrogens with one attached hydrogen (secondary N) is 1. The quantitative estimate of drug-likeness (QED) is 0.750. The van der Waals surface area contributed by atoms with Crippen LogP contribution in [0.1, 0.15) is 56.3 Å². The Morgan fingerprint density at radius 2 is 1.70 bits per heavy atom. The summed E-state index contributed by atoms with van der Waals surface area (Å²) in [6.07, 6.45) is 0. The van der Waals surface area contributed by atoms with Gasteiger partial charge in [0.2, 0.25) is 10.0 Å². The maximum atomic E-state index is 13.3. The zero-order chi connectivity index (χ0) is 20.4. The lowest BCUT2D eigenvalue weighted by molar-refractivity contribution is 0.0455. The van der Waals surface area contributed by atoms with Crippen LogP contribution in [0.15, 0.2) is 47.4 Å². The molecule has 0 bridgehead atoms. The average molecular weight is 392 g/mol. The van der Waals surface area contributed by atoms with Crippen molar-refractivity contribution < 1.29 is 18.3 Å². The van der Waals surface area contributed by atoms with Gasteiger partial charge in [0.25, 0.3) is 0 Å². The summed E-state index contributed by atoms with van der Waals surface area (Å²) >= 11 is 0. The normalized spacial score (nSPS) is 13.6. The van der Waals surface area contributed by atoms with Gasteiger partial charge in [0.1, 0.15) is 5.75 Å². The van der Waals surface area contributed by atoms with Crippen molar-refractivity contribution in [2.75, 3.05) is 7.11 Å². The molecule has 0 radical (unpaired) electrons. The number of sulfonamides is 1. The summed E-state index contributed by atoms with van der Waals surface area (Å²) in [5.41, 5.74) is 0.827. The molecule has 0 fully saturated rings. The molecule has 2 aromatic rings. The number of hydrogen-bond donors (Lipinski definition) is 2. The summed E-state index contributed by atoms with van der Waals surface area (Å²) < 4.78 is 34.6. The van der Waals surface area contributed by atoms with Crippen molar-refractivity contribution >= 4 is 10.0 Å². The van der Waals surface area contributed by atoms with Gasteiger partial charge in [0.05, 0.1) is 23.6 Å². The van der Waals surface area contributed by atoms with Crippen molar-refractivity contribution in [3.63, 3.8) is 0 Å². The highest BCUT2D eigenvalue weighted by molar-refractivity contribution is 7.89. The first kappa shape index (κ1) is 21.4. The summed E-state index contributed by atoms with van der Waals surface area (Å²) in [4.78, 5) is 0.209. The highest BCUT2D eigenvalue weighted by Gasteiger charge is 2.34. The van der Waals surface area contributed by atoms with Crippen LogP contribution < -0.4 is 9.46 Å². The minimum Gasteiger partial charge on any atom is -0.496 e. The van der Waals surface area contributed by atoms with Crippen molar-refractivity contribution in [3.8, 4) is 5.75 Å². The van der Waals surface area contributed by atoms with Crippen LogP contribution in [0.5, 0.6) is 5.75 Å². The molecule has 148 valence electrons. The zero-order valence-electron chi connectivity index (χ0n) is 16.8. The molecule has 2 N–H and O–H groups in total. The summed E-state index contributed by atoms with van der Waals surface area (Å²) in [5.74, 6) is 0.642. The van der Waals surface area contributed by atoms with Gasteiger partial charge in [-0.25, -0.2) is 13.1 Å². The van der Waals surface area contributed by atoms with E-state index in [0.29, 0.717) is 16.9 Å². The molecule has 0 saturated carbocycles. The van der Waals surface area contributed by atoms with Crippen LogP contribution in [-0.2, 0) is 10.0 Å². The van der Waals surface area contributed by atoms with Gasteiger partial charge in [0, 0.05) is 0 Å². The second-order valence-corrected chi connectivity index (χ2v) is 9.32. The number of aryl methyl sites for hydroxylation is 1. The van der Waals surface area contributed by atoms with E-state index in [1.807, 2.05) is 39.0 Å². The van der Waals surface area contributed by atoms with E-state index >= 15 is 0 Å². The van der Waals surface area contributed by atoms with E-state index in [-0.39, 0.29) is 10.8 Å². The summed E-state index contributed by atoms with van der Waals surface area (Å²) in [5, 5.41) is 10.6. The highest BCUT2D eigenvalue weighted by Crippen LogP contribution is 2.33. The molecular formula is C21H29NO4S. The first-order valence-corrected chi connectivity index (χ1v) is 10.4. The largest absolute Gasteiger partial charge is 0.496 e. The third-order valence-electron chi connectivity index (χ3n) is 4.55. The van der Waals surface area contributed by atoms with E-state index < -0.39 is 21.7 Å². The fourth-order valence-corrected chi connectivity index (χ4v) is 4.86. The minimum absolute atomic E-state index is 0.0108. The van der Waals surface area contributed by atoms with Gasteiger partial charge >= 0.3 is 0 Å². The predicted octanol–water partition coefficient (Wildman–Crippen LogP) is 3.92. The van der Waals surface area contributed by atoms with Gasteiger partial charge in [-0.1, -0.05) is 44.2 Å². The molecule has 6 heteroatoms. The minimum atomic E-state index is -3.88. The Morgan fingerprint density at radius 1 is 1.11 bits per heavy atom. The Morgan fingerprint density at radius 3 is 2.19 bits per heavy atom. The summed E-state index contributed by atoms with van der Waals surface area (Å²) in [6.45, 7) is 8.87. The summed E-state index contributed by atoms with van der Waals surface area (Å²) in [6, 6.07) is 11.7. The van der Waals surface area contributed by atoms with Crippen LogP contribution in [0.2, 0.25) is 0 Å². The molecule has 2 rings (SSSR count). The molecular weight excluding hydrogens is 362 g/mol. The fourth-order valence-electron chi connectivity index (χ4n) is 3.07. The molecule has 0 amide bonds. The fraction of sp³-hybridized carbons (Fsp3) is 0.429. The Bertz CT molecular complexity index is 884. The van der Waals surface area contributed by atoms with Gasteiger partial charge < -0.3 is 9.84 Å². The molecule has 2 aromatic carbocycles. The van der Waals surface area contributed by atoms with Crippen molar-refractivity contribution in [2.45, 2.75) is 57.1 Å². The SMILES string of the molecule is COc1cc(C(C)C)c(S(=O)(=O)NC(c2ccccc2)C(C)(C)O)cc1C. The molecule has 1 unspecified atom stereocenters. The van der Waals surface area contributed by atoms with Crippen molar-refractivity contribution in [3.05, 3.63) is 59.2 Å². The summed E-state index contributed by atoms with van der Waals surface area (Å²) in [7, 11) is -2.31. The first-order chi connectivity index (χ1) is 12.5. The van der Waals surface area contributed by atoms with Crippen LogP contribution in [-0.4, -0.2) is 26.2 Å². The van der Waals surface area contributed by atoms with Gasteiger partial charge in [-0.15, -0.1) is 0 Å². The predicted molar refractivity (Wildman–Crippen MR) is 108 cm³/mol. The molecule has 1 atom stereocenters. The second-order valence-electron chi connectivity index (χ2n) is 7.63. The number of rotatable bonds is 7. The Hall–Kier alpha value is -1.89. The van der Waals surface area contributed by atoms with Crippen LogP contribution in [0.4, 0.5) is 0 Å². The molecule has 0 aromatic heterocycles. The van der Waals surface area contributed by atoms with Crippen molar-refractivity contribution in [1.82, 2.24) is 4.72 Å². The van der Waals surface area contributed by atoms with E-state index in [0.717, 1.165) is 5.56 Å². The van der Waals surface area contributed by atoms with E-state index in [9.17, 15) is 13.5 Å². The monoisotopic (exact) mass is 391 g/mol. The molecule has 27 heavy (non-hydrogen) atoms. The van der Waals surface area contributed by atoms with Gasteiger partial charge in [-0.05, 0) is 55.5 Å². The lowest BCUT2D eigenvalue weighted by atomic mass is 9.93. The van der Waals surface area contributed by atoms with Gasteiger partial charge in [-0.2, -0.15) is 0 Å². The molecule has 0 heterocycles. The first-order valence-electron chi connectivity index (χ1n) is 8.95. The number of methoxy groups -OCH3 is 1. The third-order valence-corrected chi connectivity index (χ3v) is 6.03. The van der Waals surface area contributed by atoms with Crippen LogP contribution in [0, 0.1) is 6.92 Å². The molecule has 5 nitrogen and oxygen atoms in total. The lowest BCUT2D eigenvalue weighted by Crippen LogP contribution is -2.42. The van der Waals surface area contributed by atoms with E-state index in [1.165, 1.54) is 0 Å². The zero-order valence-corrected chi connectivity index (χ0v) is 17.6. The number of benzene rings is 2. The molecule has 0 saturated heterocycles. The lowest BCUT2D eigenvalue weighted by Gasteiger charge is -2.31. The van der Waals surface area contributed by atoms with Crippen molar-refractivity contribution in [1.29, 1.82) is 0 Å². The average Bonchev–Trinajstić information content (AvgIpc) is 2.59. The van der Waals surface area contributed by atoms with Gasteiger partial charge in [-0.3, -0.25) is 0 Å². The van der Waals surface area contributed by atoms with Crippen LogP contribution in [0.3, 0.4) is 0 Å². The Labute approximate surface area is 162 Å². The standard InChI is InChI=1S/C21H29NO4S/c1-14(2)17-13-18(26-6)15(3)12-19(17)27(24,25)22-20(21(4,5)23)16-10-8-7-9-11-16/h7-14,20,22-23H,1-6H3. The van der Waals surface area contributed by atoms with Crippen LogP contribution >= 0.6 is 0 Å². The molecule has 0 aliphatic heterocycles. The number of ether oxygens (including phenoxy) is 1. The molecule has 0 aliphatic rings. The van der Waals surface area contributed by atoms with E-state index in [4.69, 9.17) is 4.74 Å². The Balaban J connectivity index is 2.56. The Kier molecular flexibility index (Phi) is 6.35. The molecule has 0 spiro atoms. The highest BCUT2D eigenvalue weighted by atomic mass is 32.2. The third kappa shape index (κ3) is 4.89. The molecule has 0 aliphatic carbocycles. The maximum Gasteiger partial charge on any atom is 0.241 e. The maximum absolute atomic E-state index is 13.3. The second kappa shape index (κ2) is 8.00. The smallest absolute Gasteiger partial charge is 0.241 e. The number of aliphatic hydroxyl groups is 1. The van der Waals surface area contributed by atoms with Crippen molar-refractivity contribution in [2.24, 2.45) is 0 Å². The van der Waals surface area contributed by atoms with Gasteiger partial charge in [0.15, 0.2) is 0 Å². The van der Waals surface area contributed by atoms with E-state index in [2.05, 4.69) is 4.72 Å². The topological polar surface area (TPSA) is 75.6 Å². The number of hydrogen-bond acceptors (Lipinski definition) is 4. The van der Waals surface area contributed by atoms with Crippen LogP contribution in [0.25, 0.3) is 0 Å².